The van der Waals surface area contributed by atoms with Crippen molar-refractivity contribution in [3.8, 4) is 45.8 Å². The molecular formula is C30H36O18. The Morgan fingerprint density at radius 3 is 2.00 bits per heavy atom. The molecule has 10 unspecified atom stereocenters. The van der Waals surface area contributed by atoms with Gasteiger partial charge in [-0.3, -0.25) is 4.79 Å². The first-order valence-electron chi connectivity index (χ1n) is 14.5. The van der Waals surface area contributed by atoms with E-state index in [2.05, 4.69) is 0 Å². The predicted molar refractivity (Wildman–Crippen MR) is 158 cm³/mol. The molecule has 2 aliphatic heterocycles. The van der Waals surface area contributed by atoms with E-state index in [1.54, 1.807) is 0 Å². The molecule has 0 saturated carbocycles. The van der Waals surface area contributed by atoms with Crippen LogP contribution in [0.4, 0.5) is 0 Å². The second-order valence-corrected chi connectivity index (χ2v) is 11.0. The van der Waals surface area contributed by atoms with Crippen LogP contribution in [0.5, 0.6) is 34.5 Å². The van der Waals surface area contributed by atoms with Crippen LogP contribution in [0.15, 0.2) is 33.5 Å². The second kappa shape index (κ2) is 14.3. The fourth-order valence-electron chi connectivity index (χ4n) is 5.50. The number of aromatic hydroxyl groups is 2. The highest BCUT2D eigenvalue weighted by Crippen LogP contribution is 2.45. The molecule has 2 aromatic carbocycles. The van der Waals surface area contributed by atoms with Crippen molar-refractivity contribution in [2.75, 3.05) is 34.5 Å². The lowest BCUT2D eigenvalue weighted by molar-refractivity contribution is -0.352. The standard InChI is InChI=1S/C30H36O18/c1-41-10-4-13(34)19-16(5-10)44-26(28(43-3)21(19)36)11-6-15(42-2)12(33)7-14(11)45-29-25(40)23(38)27(18(9-32)47-29)48-30-24(39)22(37)20(35)17(8-31)46-30/h4-7,17-18,20,22-25,27,29-35,37-40H,8-9H2,1-3H3. The van der Waals surface area contributed by atoms with Gasteiger partial charge in [0.05, 0.1) is 40.1 Å². The quantitative estimate of drug-likeness (QED) is 0.111. The highest BCUT2D eigenvalue weighted by atomic mass is 16.7. The summed E-state index contributed by atoms with van der Waals surface area (Å²) in [6, 6.07) is 4.80. The maximum Gasteiger partial charge on any atom is 0.239 e. The Morgan fingerprint density at radius 2 is 1.38 bits per heavy atom. The summed E-state index contributed by atoms with van der Waals surface area (Å²) >= 11 is 0. The van der Waals surface area contributed by atoms with Crippen molar-refractivity contribution >= 4 is 11.0 Å². The molecule has 5 rings (SSSR count). The molecule has 0 amide bonds. The lowest BCUT2D eigenvalue weighted by atomic mass is 9.97. The van der Waals surface area contributed by atoms with E-state index in [4.69, 9.17) is 37.6 Å². The number of phenolic OH excluding ortho intramolecular Hbond substituents is 2. The largest absolute Gasteiger partial charge is 0.507 e. The van der Waals surface area contributed by atoms with E-state index in [1.807, 2.05) is 0 Å². The fourth-order valence-corrected chi connectivity index (χ4v) is 5.50. The van der Waals surface area contributed by atoms with Crippen molar-refractivity contribution in [2.24, 2.45) is 0 Å². The average Bonchev–Trinajstić information content (AvgIpc) is 3.07. The molecule has 2 saturated heterocycles. The van der Waals surface area contributed by atoms with Crippen molar-refractivity contribution in [1.29, 1.82) is 0 Å². The molecule has 10 atom stereocenters. The number of benzene rings is 2. The van der Waals surface area contributed by atoms with Crippen molar-refractivity contribution in [1.82, 2.24) is 0 Å². The maximum atomic E-state index is 13.5. The second-order valence-electron chi connectivity index (χ2n) is 11.0. The molecule has 3 aromatic rings. The van der Waals surface area contributed by atoms with E-state index in [9.17, 15) is 50.8 Å². The number of methoxy groups -OCH3 is 3. The summed E-state index contributed by atoms with van der Waals surface area (Å²) in [5.74, 6) is -1.85. The summed E-state index contributed by atoms with van der Waals surface area (Å²) in [6.07, 6.45) is -17.2. The van der Waals surface area contributed by atoms with Crippen LogP contribution < -0.4 is 24.4 Å². The van der Waals surface area contributed by atoms with Gasteiger partial charge in [-0.05, 0) is 6.07 Å². The summed E-state index contributed by atoms with van der Waals surface area (Å²) in [4.78, 5) is 13.5. The Bertz CT molecular complexity index is 1660. The van der Waals surface area contributed by atoms with Gasteiger partial charge in [0.25, 0.3) is 0 Å². The third-order valence-corrected chi connectivity index (χ3v) is 8.08. The summed E-state index contributed by atoms with van der Waals surface area (Å²) < 4.78 is 44.2. The topological polar surface area (TPSA) is 277 Å². The Kier molecular flexibility index (Phi) is 10.5. The third-order valence-electron chi connectivity index (χ3n) is 8.08. The number of phenols is 2. The SMILES string of the molecule is COc1cc(O)c2c(=O)c(OC)c(-c3cc(OC)c(O)cc3OC3OC(CO)C(OC4OC(CO)C(O)C(O)C4O)C(O)C3O)oc2c1. The van der Waals surface area contributed by atoms with Crippen molar-refractivity contribution in [3.05, 3.63) is 34.5 Å². The Balaban J connectivity index is 1.51. The highest BCUT2D eigenvalue weighted by molar-refractivity contribution is 5.89. The van der Waals surface area contributed by atoms with E-state index < -0.39 is 97.3 Å². The molecule has 0 aliphatic carbocycles. The monoisotopic (exact) mass is 684 g/mol. The van der Waals surface area contributed by atoms with Gasteiger partial charge in [-0.15, -0.1) is 0 Å². The van der Waals surface area contributed by atoms with Crippen LogP contribution >= 0.6 is 0 Å². The fraction of sp³-hybridized carbons (Fsp3) is 0.500. The van der Waals surface area contributed by atoms with E-state index in [1.165, 1.54) is 39.5 Å². The minimum atomic E-state index is -1.95. The molecule has 1 aromatic heterocycles. The van der Waals surface area contributed by atoms with Crippen molar-refractivity contribution in [3.63, 3.8) is 0 Å². The zero-order valence-electron chi connectivity index (χ0n) is 25.7. The van der Waals surface area contributed by atoms with Gasteiger partial charge < -0.3 is 83.5 Å². The molecule has 18 heteroatoms. The van der Waals surface area contributed by atoms with Gasteiger partial charge in [-0.2, -0.15) is 0 Å². The molecule has 0 spiro atoms. The molecule has 3 heterocycles. The van der Waals surface area contributed by atoms with Crippen LogP contribution in [0.25, 0.3) is 22.3 Å². The van der Waals surface area contributed by atoms with Gasteiger partial charge in [0.2, 0.25) is 17.5 Å². The number of aliphatic hydroxyl groups excluding tert-OH is 7. The highest BCUT2D eigenvalue weighted by Gasteiger charge is 2.51. The molecular weight excluding hydrogens is 648 g/mol. The number of hydrogen-bond donors (Lipinski definition) is 9. The zero-order valence-corrected chi connectivity index (χ0v) is 25.7. The molecule has 2 aliphatic rings. The molecule has 0 bridgehead atoms. The van der Waals surface area contributed by atoms with Crippen molar-refractivity contribution < 1.29 is 83.5 Å². The van der Waals surface area contributed by atoms with E-state index >= 15 is 0 Å². The Hall–Kier alpha value is -3.95. The molecule has 9 N–H and O–H groups in total. The lowest BCUT2D eigenvalue weighted by Crippen LogP contribution is -2.65. The number of rotatable bonds is 10. The Morgan fingerprint density at radius 1 is 0.708 bits per heavy atom. The van der Waals surface area contributed by atoms with Gasteiger partial charge in [-0.1, -0.05) is 0 Å². The predicted octanol–water partition coefficient (Wildman–Crippen LogP) is -2.10. The molecule has 2 fully saturated rings. The third kappa shape index (κ3) is 6.30. The first-order chi connectivity index (χ1) is 22.9. The number of hydrogen-bond acceptors (Lipinski definition) is 18. The Labute approximate surface area is 271 Å². The van der Waals surface area contributed by atoms with Gasteiger partial charge >= 0.3 is 0 Å². The lowest BCUT2D eigenvalue weighted by Gasteiger charge is -2.45. The minimum Gasteiger partial charge on any atom is -0.507 e. The van der Waals surface area contributed by atoms with Crippen LogP contribution in [0.2, 0.25) is 0 Å². The van der Waals surface area contributed by atoms with E-state index in [-0.39, 0.29) is 39.5 Å². The first kappa shape index (κ1) is 35.4. The van der Waals surface area contributed by atoms with Gasteiger partial charge in [-0.25, -0.2) is 0 Å². The van der Waals surface area contributed by atoms with Crippen LogP contribution in [0.3, 0.4) is 0 Å². The van der Waals surface area contributed by atoms with Gasteiger partial charge in [0.15, 0.2) is 23.5 Å². The summed E-state index contributed by atoms with van der Waals surface area (Å²) in [7, 11) is 3.76. The van der Waals surface area contributed by atoms with Crippen LogP contribution in [-0.4, -0.2) is 142 Å². The minimum absolute atomic E-state index is 0.0895. The van der Waals surface area contributed by atoms with Crippen LogP contribution in [0.1, 0.15) is 0 Å². The maximum absolute atomic E-state index is 13.5. The van der Waals surface area contributed by atoms with Crippen LogP contribution in [0, 0.1) is 0 Å². The molecule has 0 radical (unpaired) electrons. The summed E-state index contributed by atoms with van der Waals surface area (Å²) in [5.41, 5.74) is -0.998. The summed E-state index contributed by atoms with van der Waals surface area (Å²) in [5, 5.41) is 93.1. The number of ether oxygens (including phenoxy) is 7. The zero-order chi connectivity index (χ0) is 35.0. The molecule has 264 valence electrons. The smallest absolute Gasteiger partial charge is 0.239 e. The summed E-state index contributed by atoms with van der Waals surface area (Å²) in [6.45, 7) is -1.60. The number of fused-ring (bicyclic) bond motifs is 1. The normalized spacial score (nSPS) is 30.6. The van der Waals surface area contributed by atoms with Crippen molar-refractivity contribution in [2.45, 2.75) is 61.4 Å². The van der Waals surface area contributed by atoms with E-state index in [0.29, 0.717) is 0 Å². The van der Waals surface area contributed by atoms with Gasteiger partial charge in [0.1, 0.15) is 77.0 Å². The average molecular weight is 685 g/mol. The first-order valence-corrected chi connectivity index (χ1v) is 14.5. The number of aliphatic hydroxyl groups is 7. The van der Waals surface area contributed by atoms with E-state index in [0.717, 1.165) is 6.07 Å². The molecule has 18 nitrogen and oxygen atoms in total. The van der Waals surface area contributed by atoms with Crippen LogP contribution in [-0.2, 0) is 14.2 Å². The molecule has 48 heavy (non-hydrogen) atoms. The van der Waals surface area contributed by atoms with Gasteiger partial charge in [0, 0.05) is 18.2 Å².